The lowest BCUT2D eigenvalue weighted by Crippen LogP contribution is -2.26. The average molecular weight is 497 g/mol. The molecule has 0 saturated heterocycles. The molecule has 0 fully saturated rings. The minimum absolute atomic E-state index is 0.129. The van der Waals surface area contributed by atoms with E-state index in [4.69, 9.17) is 9.47 Å². The SMILES string of the molecule is COCCOc1ccc(Br)cc1C(=O)Nc1cccc(C(=O)N(C)Cc2ccccc2)c1. The van der Waals surface area contributed by atoms with Crippen LogP contribution >= 0.6 is 15.9 Å². The van der Waals surface area contributed by atoms with Crippen molar-refractivity contribution >= 4 is 33.4 Å². The highest BCUT2D eigenvalue weighted by Crippen LogP contribution is 2.25. The van der Waals surface area contributed by atoms with Crippen LogP contribution in [0.15, 0.2) is 77.3 Å². The van der Waals surface area contributed by atoms with Crippen molar-refractivity contribution in [1.82, 2.24) is 4.90 Å². The van der Waals surface area contributed by atoms with Crippen LogP contribution in [0.5, 0.6) is 5.75 Å². The first-order valence-electron chi connectivity index (χ1n) is 10.1. The topological polar surface area (TPSA) is 67.9 Å². The number of anilines is 1. The molecule has 0 heterocycles. The highest BCUT2D eigenvalue weighted by atomic mass is 79.9. The summed E-state index contributed by atoms with van der Waals surface area (Å²) < 4.78 is 11.4. The van der Waals surface area contributed by atoms with Gasteiger partial charge in [0.25, 0.3) is 11.8 Å². The zero-order valence-electron chi connectivity index (χ0n) is 18.0. The first kappa shape index (κ1) is 23.5. The molecule has 0 spiro atoms. The number of ether oxygens (including phenoxy) is 2. The van der Waals surface area contributed by atoms with E-state index < -0.39 is 0 Å². The van der Waals surface area contributed by atoms with Crippen LogP contribution in [0.25, 0.3) is 0 Å². The molecule has 0 radical (unpaired) electrons. The van der Waals surface area contributed by atoms with Crippen LogP contribution in [0.1, 0.15) is 26.3 Å². The van der Waals surface area contributed by atoms with Gasteiger partial charge in [-0.25, -0.2) is 0 Å². The molecular formula is C25H25BrN2O4. The summed E-state index contributed by atoms with van der Waals surface area (Å²) >= 11 is 3.40. The van der Waals surface area contributed by atoms with Gasteiger partial charge in [-0.1, -0.05) is 52.3 Å². The predicted octanol–water partition coefficient (Wildman–Crippen LogP) is 5.00. The Bertz CT molecular complexity index is 1070. The number of nitrogens with one attached hydrogen (secondary N) is 1. The number of halogens is 1. The average Bonchev–Trinajstić information content (AvgIpc) is 2.80. The van der Waals surface area contributed by atoms with Crippen molar-refractivity contribution in [2.75, 3.05) is 32.7 Å². The number of nitrogens with zero attached hydrogens (tertiary/aromatic N) is 1. The second-order valence-electron chi connectivity index (χ2n) is 7.16. The van der Waals surface area contributed by atoms with Gasteiger partial charge in [-0.05, 0) is 42.0 Å². The molecule has 0 aliphatic carbocycles. The van der Waals surface area contributed by atoms with Gasteiger partial charge in [-0.2, -0.15) is 0 Å². The van der Waals surface area contributed by atoms with E-state index in [1.807, 2.05) is 30.3 Å². The summed E-state index contributed by atoms with van der Waals surface area (Å²) in [6, 6.07) is 21.9. The maximum Gasteiger partial charge on any atom is 0.259 e. The molecule has 0 aliphatic rings. The molecule has 7 heteroatoms. The van der Waals surface area contributed by atoms with Gasteiger partial charge in [0, 0.05) is 36.4 Å². The van der Waals surface area contributed by atoms with E-state index in [1.165, 1.54) is 0 Å². The number of methoxy groups -OCH3 is 1. The summed E-state index contributed by atoms with van der Waals surface area (Å²) in [5.41, 5.74) is 2.45. The van der Waals surface area contributed by atoms with Gasteiger partial charge in [0.05, 0.1) is 12.2 Å². The van der Waals surface area contributed by atoms with E-state index in [2.05, 4.69) is 21.2 Å². The molecule has 32 heavy (non-hydrogen) atoms. The Hall–Kier alpha value is -3.16. The highest BCUT2D eigenvalue weighted by Gasteiger charge is 2.16. The molecule has 1 N–H and O–H groups in total. The fourth-order valence-corrected chi connectivity index (χ4v) is 3.48. The number of benzene rings is 3. The fourth-order valence-electron chi connectivity index (χ4n) is 3.12. The van der Waals surface area contributed by atoms with Gasteiger partial charge < -0.3 is 19.7 Å². The molecule has 3 rings (SSSR count). The second-order valence-corrected chi connectivity index (χ2v) is 8.08. The Morgan fingerprint density at radius 1 is 0.969 bits per heavy atom. The van der Waals surface area contributed by atoms with Crippen LogP contribution in [0.2, 0.25) is 0 Å². The minimum Gasteiger partial charge on any atom is -0.490 e. The van der Waals surface area contributed by atoms with Gasteiger partial charge in [-0.3, -0.25) is 9.59 Å². The van der Waals surface area contributed by atoms with E-state index in [-0.39, 0.29) is 11.8 Å². The molecule has 2 amide bonds. The largest absolute Gasteiger partial charge is 0.490 e. The molecule has 0 unspecified atom stereocenters. The maximum atomic E-state index is 12.9. The standard InChI is InChI=1S/C25H25BrN2O4/c1-28(17-18-7-4-3-5-8-18)25(30)19-9-6-10-21(15-19)27-24(29)22-16-20(26)11-12-23(22)32-14-13-31-2/h3-12,15-16H,13-14,17H2,1-2H3,(H,27,29). The van der Waals surface area contributed by atoms with Gasteiger partial charge in [0.15, 0.2) is 0 Å². The number of amides is 2. The molecule has 0 aromatic heterocycles. The highest BCUT2D eigenvalue weighted by molar-refractivity contribution is 9.10. The summed E-state index contributed by atoms with van der Waals surface area (Å²) in [7, 11) is 3.34. The molecule has 0 atom stereocenters. The summed E-state index contributed by atoms with van der Waals surface area (Å²) in [4.78, 5) is 27.5. The summed E-state index contributed by atoms with van der Waals surface area (Å²) in [5, 5.41) is 2.86. The van der Waals surface area contributed by atoms with Crippen molar-refractivity contribution in [2.24, 2.45) is 0 Å². The lowest BCUT2D eigenvalue weighted by Gasteiger charge is -2.18. The number of rotatable bonds is 9. The quantitative estimate of drug-likeness (QED) is 0.423. The zero-order valence-corrected chi connectivity index (χ0v) is 19.6. The van der Waals surface area contributed by atoms with Gasteiger partial charge in [-0.15, -0.1) is 0 Å². The molecule has 6 nitrogen and oxygen atoms in total. The van der Waals surface area contributed by atoms with Crippen LogP contribution in [0.3, 0.4) is 0 Å². The van der Waals surface area contributed by atoms with Gasteiger partial charge in [0.1, 0.15) is 12.4 Å². The number of hydrogen-bond acceptors (Lipinski definition) is 4. The molecule has 3 aromatic rings. The van der Waals surface area contributed by atoms with Crippen LogP contribution in [-0.2, 0) is 11.3 Å². The molecule has 166 valence electrons. The van der Waals surface area contributed by atoms with E-state index in [1.54, 1.807) is 61.5 Å². The van der Waals surface area contributed by atoms with E-state index >= 15 is 0 Å². The second kappa shape index (κ2) is 11.5. The van der Waals surface area contributed by atoms with Crippen LogP contribution < -0.4 is 10.1 Å². The molecule has 3 aromatic carbocycles. The molecule has 0 aliphatic heterocycles. The first-order valence-corrected chi connectivity index (χ1v) is 10.9. The van der Waals surface area contributed by atoms with Crippen LogP contribution in [-0.4, -0.2) is 44.1 Å². The summed E-state index contributed by atoms with van der Waals surface area (Å²) in [5.74, 6) is -0.00507. The van der Waals surface area contributed by atoms with E-state index in [0.717, 1.165) is 10.0 Å². The van der Waals surface area contributed by atoms with E-state index in [0.29, 0.717) is 42.3 Å². The summed E-state index contributed by atoms with van der Waals surface area (Å²) in [6.07, 6.45) is 0. The normalized spacial score (nSPS) is 10.5. The molecule has 0 bridgehead atoms. The first-order chi connectivity index (χ1) is 15.5. The van der Waals surface area contributed by atoms with Crippen LogP contribution in [0, 0.1) is 0 Å². The van der Waals surface area contributed by atoms with Crippen molar-refractivity contribution in [1.29, 1.82) is 0 Å². The lowest BCUT2D eigenvalue weighted by molar-refractivity contribution is 0.0784. The third-order valence-electron chi connectivity index (χ3n) is 4.71. The smallest absolute Gasteiger partial charge is 0.259 e. The van der Waals surface area contributed by atoms with Crippen LogP contribution in [0.4, 0.5) is 5.69 Å². The van der Waals surface area contributed by atoms with Crippen molar-refractivity contribution in [3.63, 3.8) is 0 Å². The lowest BCUT2D eigenvalue weighted by atomic mass is 10.1. The Labute approximate surface area is 196 Å². The predicted molar refractivity (Wildman–Crippen MR) is 128 cm³/mol. The Morgan fingerprint density at radius 2 is 1.75 bits per heavy atom. The number of carbonyl (C=O) groups is 2. The molecular weight excluding hydrogens is 472 g/mol. The third kappa shape index (κ3) is 6.42. The minimum atomic E-state index is -0.332. The molecule has 0 saturated carbocycles. The zero-order chi connectivity index (χ0) is 22.9. The maximum absolute atomic E-state index is 12.9. The fraction of sp³-hybridized carbons (Fsp3) is 0.200. The monoisotopic (exact) mass is 496 g/mol. The summed E-state index contributed by atoms with van der Waals surface area (Å²) in [6.45, 7) is 1.24. The van der Waals surface area contributed by atoms with Crippen molar-refractivity contribution < 1.29 is 19.1 Å². The van der Waals surface area contributed by atoms with Gasteiger partial charge in [0.2, 0.25) is 0 Å². The van der Waals surface area contributed by atoms with Crippen molar-refractivity contribution in [3.05, 3.63) is 94.0 Å². The third-order valence-corrected chi connectivity index (χ3v) is 5.20. The van der Waals surface area contributed by atoms with E-state index in [9.17, 15) is 9.59 Å². The van der Waals surface area contributed by atoms with Crippen molar-refractivity contribution in [2.45, 2.75) is 6.54 Å². The Kier molecular flexibility index (Phi) is 8.41. The van der Waals surface area contributed by atoms with Gasteiger partial charge >= 0.3 is 0 Å². The number of hydrogen-bond donors (Lipinski definition) is 1. The van der Waals surface area contributed by atoms with Crippen molar-refractivity contribution in [3.8, 4) is 5.75 Å². The number of carbonyl (C=O) groups excluding carboxylic acids is 2. The Balaban J connectivity index is 1.72. The Morgan fingerprint density at radius 3 is 2.50 bits per heavy atom.